The average Bonchev–Trinajstić information content (AvgIpc) is 2.48. The Morgan fingerprint density at radius 1 is 1.38 bits per heavy atom. The van der Waals surface area contributed by atoms with Crippen LogP contribution in [0.2, 0.25) is 0 Å². The lowest BCUT2D eigenvalue weighted by Gasteiger charge is -2.34. The number of nitrogens with zero attached hydrogens (tertiary/aromatic N) is 1. The van der Waals surface area contributed by atoms with Crippen LogP contribution in [0.4, 0.5) is 0 Å². The van der Waals surface area contributed by atoms with Gasteiger partial charge in [0.2, 0.25) is 0 Å². The molecule has 0 aromatic carbocycles. The maximum atomic E-state index is 12.4. The van der Waals surface area contributed by atoms with Crippen molar-refractivity contribution in [3.8, 4) is 0 Å². The van der Waals surface area contributed by atoms with E-state index in [0.29, 0.717) is 12.5 Å². The predicted molar refractivity (Wildman–Crippen MR) is 93.4 cm³/mol. The summed E-state index contributed by atoms with van der Waals surface area (Å²) in [5.41, 5.74) is 0. The largest absolute Gasteiger partial charge is 0.376 e. The zero-order chi connectivity index (χ0) is 15.7. The van der Waals surface area contributed by atoms with E-state index in [-0.39, 0.29) is 12.0 Å². The van der Waals surface area contributed by atoms with E-state index in [1.54, 1.807) is 7.11 Å². The van der Waals surface area contributed by atoms with Crippen molar-refractivity contribution < 1.29 is 18.5 Å². The van der Waals surface area contributed by atoms with Gasteiger partial charge in [-0.25, -0.2) is 0 Å². The van der Waals surface area contributed by atoms with Crippen LogP contribution in [0, 0.1) is 5.92 Å². The van der Waals surface area contributed by atoms with Gasteiger partial charge in [0.1, 0.15) is 0 Å². The van der Waals surface area contributed by atoms with Gasteiger partial charge >= 0.3 is 0 Å². The van der Waals surface area contributed by atoms with Crippen molar-refractivity contribution in [1.29, 1.82) is 0 Å². The predicted octanol–water partition coefficient (Wildman–Crippen LogP) is 3.07. The van der Waals surface area contributed by atoms with Crippen LogP contribution in [0.1, 0.15) is 33.1 Å². The van der Waals surface area contributed by atoms with E-state index < -0.39 is 6.10 Å². The van der Waals surface area contributed by atoms with Crippen LogP contribution < -0.4 is 0 Å². The second-order valence-electron chi connectivity index (χ2n) is 5.55. The number of halogens is 1. The Morgan fingerprint density at radius 3 is 2.57 bits per heavy atom. The van der Waals surface area contributed by atoms with E-state index in [4.69, 9.17) is 13.7 Å². The highest BCUT2D eigenvalue weighted by Gasteiger charge is 2.28. The van der Waals surface area contributed by atoms with E-state index >= 15 is 0 Å². The molecule has 1 fully saturated rings. The Bertz CT molecular complexity index is 299. The average molecular weight is 431 g/mol. The van der Waals surface area contributed by atoms with Crippen LogP contribution in [-0.4, -0.2) is 56.4 Å². The molecule has 1 amide bonds. The first kappa shape index (κ1) is 19.5. The molecule has 0 saturated carbocycles. The van der Waals surface area contributed by atoms with Gasteiger partial charge in [-0.15, -0.1) is 0 Å². The maximum absolute atomic E-state index is 12.4. The third kappa shape index (κ3) is 7.49. The molecule has 1 aliphatic heterocycles. The molecule has 7 heteroatoms. The van der Waals surface area contributed by atoms with Crippen molar-refractivity contribution in [2.24, 2.45) is 5.92 Å². The Balaban J connectivity index is 2.32. The second-order valence-corrected chi connectivity index (χ2v) is 6.99. The molecule has 0 N–H and O–H groups in total. The van der Waals surface area contributed by atoms with Crippen LogP contribution in [0.25, 0.3) is 0 Å². The standard InChI is InChI=1S/C14H26INO4S/c1-11(2)19-10-13(18-3)14(17)16-7-4-12(5-8-16)6-9-20-21-15/h11-13H,4-10H2,1-3H3. The van der Waals surface area contributed by atoms with E-state index in [0.717, 1.165) is 39.0 Å². The minimum atomic E-state index is -0.484. The van der Waals surface area contributed by atoms with Gasteiger partial charge in [0.25, 0.3) is 5.91 Å². The quantitative estimate of drug-likeness (QED) is 0.319. The van der Waals surface area contributed by atoms with Crippen LogP contribution in [-0.2, 0) is 18.5 Å². The lowest BCUT2D eigenvalue weighted by molar-refractivity contribution is -0.148. The molecule has 1 atom stereocenters. The minimum absolute atomic E-state index is 0.0515. The molecule has 0 bridgehead atoms. The van der Waals surface area contributed by atoms with Gasteiger partial charge in [-0.1, -0.05) is 0 Å². The van der Waals surface area contributed by atoms with Crippen molar-refractivity contribution >= 4 is 36.3 Å². The number of rotatable bonds is 9. The van der Waals surface area contributed by atoms with Gasteiger partial charge in [0.05, 0.1) is 28.5 Å². The van der Waals surface area contributed by atoms with Gasteiger partial charge in [-0.05, 0) is 39.0 Å². The number of carbonyl (C=O) groups is 1. The summed E-state index contributed by atoms with van der Waals surface area (Å²) in [6.45, 7) is 6.64. The third-order valence-corrected chi connectivity index (χ3v) is 4.74. The minimum Gasteiger partial charge on any atom is -0.376 e. The highest BCUT2D eigenvalue weighted by Crippen LogP contribution is 2.23. The van der Waals surface area contributed by atoms with E-state index in [9.17, 15) is 4.79 Å². The molecule has 0 radical (unpaired) electrons. The van der Waals surface area contributed by atoms with Crippen LogP contribution in [0.15, 0.2) is 0 Å². The molecule has 1 aliphatic rings. The molecular weight excluding hydrogens is 405 g/mol. The number of likely N-dealkylation sites (tertiary alicyclic amines) is 1. The maximum Gasteiger partial charge on any atom is 0.254 e. The number of piperidine rings is 1. The molecule has 1 saturated heterocycles. The normalized spacial score (nSPS) is 18.2. The molecule has 1 unspecified atom stereocenters. The lowest BCUT2D eigenvalue weighted by atomic mass is 9.94. The summed E-state index contributed by atoms with van der Waals surface area (Å²) in [5.74, 6) is 0.709. The summed E-state index contributed by atoms with van der Waals surface area (Å²) in [4.78, 5) is 14.3. The fraction of sp³-hybridized carbons (Fsp3) is 0.929. The fourth-order valence-corrected chi connectivity index (χ4v) is 3.11. The Labute approximate surface area is 144 Å². The van der Waals surface area contributed by atoms with Crippen molar-refractivity contribution in [2.45, 2.75) is 45.3 Å². The summed E-state index contributed by atoms with van der Waals surface area (Å²) >= 11 is 2.13. The van der Waals surface area contributed by atoms with Crippen LogP contribution >= 0.6 is 30.4 Å². The Hall–Kier alpha value is 0.430. The Kier molecular flexibility index (Phi) is 10.2. The van der Waals surface area contributed by atoms with Crippen molar-refractivity contribution in [1.82, 2.24) is 4.90 Å². The number of methoxy groups -OCH3 is 1. The summed E-state index contributed by atoms with van der Waals surface area (Å²) < 4.78 is 16.1. The number of amides is 1. The van der Waals surface area contributed by atoms with E-state index in [2.05, 4.69) is 21.2 Å². The van der Waals surface area contributed by atoms with Gasteiger partial charge in [0, 0.05) is 41.4 Å². The van der Waals surface area contributed by atoms with Crippen molar-refractivity contribution in [2.75, 3.05) is 33.4 Å². The molecule has 21 heavy (non-hydrogen) atoms. The zero-order valence-corrected chi connectivity index (χ0v) is 16.0. The Morgan fingerprint density at radius 2 is 2.05 bits per heavy atom. The highest BCUT2D eigenvalue weighted by atomic mass is 127. The second kappa shape index (κ2) is 11.0. The molecular formula is C14H26INO4S. The number of hydrogen-bond acceptors (Lipinski definition) is 5. The van der Waals surface area contributed by atoms with Crippen LogP contribution in [0.3, 0.4) is 0 Å². The highest BCUT2D eigenvalue weighted by molar-refractivity contribution is 14.2. The number of ether oxygens (including phenoxy) is 2. The van der Waals surface area contributed by atoms with Crippen LogP contribution in [0.5, 0.6) is 0 Å². The number of hydrogen-bond donors (Lipinski definition) is 0. The smallest absolute Gasteiger partial charge is 0.254 e. The lowest BCUT2D eigenvalue weighted by Crippen LogP contribution is -2.46. The SMILES string of the molecule is COC(COC(C)C)C(=O)N1CCC(CCOSI)CC1. The van der Waals surface area contributed by atoms with Gasteiger partial charge < -0.3 is 18.6 Å². The summed E-state index contributed by atoms with van der Waals surface area (Å²) in [5, 5.41) is 0. The monoisotopic (exact) mass is 431 g/mol. The molecule has 1 heterocycles. The summed E-state index contributed by atoms with van der Waals surface area (Å²) in [6.07, 6.45) is 2.78. The summed E-state index contributed by atoms with van der Waals surface area (Å²) in [7, 11) is 2.95. The summed E-state index contributed by atoms with van der Waals surface area (Å²) in [6, 6.07) is 0. The van der Waals surface area contributed by atoms with Crippen molar-refractivity contribution in [3.63, 3.8) is 0 Å². The van der Waals surface area contributed by atoms with Gasteiger partial charge in [-0.3, -0.25) is 4.79 Å². The first-order valence-corrected chi connectivity index (χ1v) is 10.7. The van der Waals surface area contributed by atoms with Gasteiger partial charge in [0.15, 0.2) is 6.10 Å². The molecule has 1 rings (SSSR count). The van der Waals surface area contributed by atoms with Gasteiger partial charge in [-0.2, -0.15) is 0 Å². The molecule has 0 aromatic rings. The van der Waals surface area contributed by atoms with Crippen molar-refractivity contribution in [3.05, 3.63) is 0 Å². The molecule has 5 nitrogen and oxygen atoms in total. The zero-order valence-electron chi connectivity index (χ0n) is 13.0. The first-order chi connectivity index (χ1) is 10.1. The first-order valence-electron chi connectivity index (χ1n) is 7.41. The topological polar surface area (TPSA) is 48.0 Å². The van der Waals surface area contributed by atoms with E-state index in [1.807, 2.05) is 18.7 Å². The van der Waals surface area contributed by atoms with E-state index in [1.165, 1.54) is 9.21 Å². The third-order valence-electron chi connectivity index (χ3n) is 3.72. The number of carbonyl (C=O) groups excluding carboxylic acids is 1. The molecule has 0 aliphatic carbocycles. The fourth-order valence-electron chi connectivity index (χ4n) is 2.41. The molecule has 0 spiro atoms. The molecule has 124 valence electrons. The molecule has 0 aromatic heterocycles.